The summed E-state index contributed by atoms with van der Waals surface area (Å²) in [5.74, 6) is 2.13. The molecule has 3 aromatic carbocycles. The van der Waals surface area contributed by atoms with E-state index in [9.17, 15) is 0 Å². The van der Waals surface area contributed by atoms with Gasteiger partial charge >= 0.3 is 0 Å². The zero-order chi connectivity index (χ0) is 18.4. The summed E-state index contributed by atoms with van der Waals surface area (Å²) in [6, 6.07) is 16.3. The maximum absolute atomic E-state index is 5.30. The first kappa shape index (κ1) is 16.4. The SMILES string of the molecule is C=c1c(=C)c2c(nc(C(C)C)n2-c2ccc(OC)cc2)c2ccccc12. The van der Waals surface area contributed by atoms with Crippen molar-refractivity contribution in [2.75, 3.05) is 7.11 Å². The molecule has 0 radical (unpaired) electrons. The molecule has 0 saturated carbocycles. The van der Waals surface area contributed by atoms with Gasteiger partial charge in [-0.05, 0) is 34.9 Å². The van der Waals surface area contributed by atoms with Crippen LogP contribution in [0.4, 0.5) is 0 Å². The Balaban J connectivity index is 2.19. The molecule has 0 bridgehead atoms. The fourth-order valence-electron chi connectivity index (χ4n) is 3.54. The summed E-state index contributed by atoms with van der Waals surface area (Å²) in [5.41, 5.74) is 3.07. The molecule has 4 rings (SSSR count). The van der Waals surface area contributed by atoms with Gasteiger partial charge in [-0.1, -0.05) is 51.3 Å². The Morgan fingerprint density at radius 1 is 0.923 bits per heavy atom. The van der Waals surface area contributed by atoms with Gasteiger partial charge in [0, 0.05) is 22.2 Å². The molecule has 4 aromatic rings. The summed E-state index contributed by atoms with van der Waals surface area (Å²) in [6.07, 6.45) is 0. The van der Waals surface area contributed by atoms with Crippen molar-refractivity contribution in [2.24, 2.45) is 0 Å². The van der Waals surface area contributed by atoms with Gasteiger partial charge in [0.2, 0.25) is 0 Å². The third kappa shape index (κ3) is 2.31. The van der Waals surface area contributed by atoms with Gasteiger partial charge < -0.3 is 4.74 Å². The number of nitrogens with zero attached hydrogens (tertiary/aromatic N) is 2. The molecule has 0 aliphatic carbocycles. The molecule has 26 heavy (non-hydrogen) atoms. The number of imidazole rings is 1. The van der Waals surface area contributed by atoms with Crippen LogP contribution in [0.3, 0.4) is 0 Å². The fourth-order valence-corrected chi connectivity index (χ4v) is 3.54. The maximum Gasteiger partial charge on any atom is 0.119 e. The van der Waals surface area contributed by atoms with Gasteiger partial charge in [-0.15, -0.1) is 0 Å². The standard InChI is InChI=1S/C23H22N2O/c1-14(2)23-24-21-20-9-7-6-8-19(20)15(3)16(4)22(21)25(23)17-10-12-18(26-5)13-11-17/h6-14H,3-4H2,1-2,5H3. The number of ether oxygens (including phenoxy) is 1. The first-order valence-corrected chi connectivity index (χ1v) is 8.78. The summed E-state index contributed by atoms with van der Waals surface area (Å²) in [5, 5.41) is 4.11. The number of aromatic nitrogens is 2. The molecule has 0 N–H and O–H groups in total. The minimum atomic E-state index is 0.274. The first-order chi connectivity index (χ1) is 12.5. The van der Waals surface area contributed by atoms with Crippen molar-refractivity contribution in [2.45, 2.75) is 19.8 Å². The second kappa shape index (κ2) is 6.03. The monoisotopic (exact) mass is 342 g/mol. The average molecular weight is 342 g/mol. The van der Waals surface area contributed by atoms with Crippen LogP contribution >= 0.6 is 0 Å². The third-order valence-corrected chi connectivity index (χ3v) is 4.91. The average Bonchev–Trinajstić information content (AvgIpc) is 3.07. The van der Waals surface area contributed by atoms with Crippen molar-refractivity contribution in [3.63, 3.8) is 0 Å². The Labute approximate surface area is 152 Å². The summed E-state index contributed by atoms with van der Waals surface area (Å²) in [7, 11) is 1.68. The number of benzene rings is 3. The van der Waals surface area contributed by atoms with Gasteiger partial charge in [0.1, 0.15) is 11.6 Å². The molecule has 0 atom stereocenters. The lowest BCUT2D eigenvalue weighted by Crippen LogP contribution is -2.25. The van der Waals surface area contributed by atoms with Gasteiger partial charge in [-0.25, -0.2) is 4.98 Å². The van der Waals surface area contributed by atoms with Gasteiger partial charge in [-0.3, -0.25) is 4.57 Å². The van der Waals surface area contributed by atoms with E-state index in [0.29, 0.717) is 0 Å². The van der Waals surface area contributed by atoms with Crippen molar-refractivity contribution in [3.05, 3.63) is 64.8 Å². The Morgan fingerprint density at radius 3 is 2.19 bits per heavy atom. The van der Waals surface area contributed by atoms with Crippen LogP contribution in [0.5, 0.6) is 5.75 Å². The van der Waals surface area contributed by atoms with E-state index in [1.54, 1.807) is 7.11 Å². The summed E-state index contributed by atoms with van der Waals surface area (Å²) in [6.45, 7) is 13.0. The van der Waals surface area contributed by atoms with E-state index in [4.69, 9.17) is 9.72 Å². The number of methoxy groups -OCH3 is 1. The molecule has 0 aliphatic rings. The van der Waals surface area contributed by atoms with Crippen LogP contribution < -0.4 is 15.2 Å². The van der Waals surface area contributed by atoms with Crippen molar-refractivity contribution < 1.29 is 4.74 Å². The highest BCUT2D eigenvalue weighted by Gasteiger charge is 2.18. The van der Waals surface area contributed by atoms with Crippen LogP contribution in [0.25, 0.3) is 40.7 Å². The summed E-state index contributed by atoms with van der Waals surface area (Å²) < 4.78 is 7.52. The van der Waals surface area contributed by atoms with E-state index in [2.05, 4.69) is 55.8 Å². The van der Waals surface area contributed by atoms with Gasteiger partial charge in [0.05, 0.1) is 18.1 Å². The van der Waals surface area contributed by atoms with E-state index < -0.39 is 0 Å². The Hall–Kier alpha value is -3.07. The van der Waals surface area contributed by atoms with Crippen LogP contribution in [0, 0.1) is 0 Å². The summed E-state index contributed by atoms with van der Waals surface area (Å²) >= 11 is 0. The maximum atomic E-state index is 5.30. The topological polar surface area (TPSA) is 27.1 Å². The molecular weight excluding hydrogens is 320 g/mol. The highest BCUT2D eigenvalue weighted by molar-refractivity contribution is 6.05. The van der Waals surface area contributed by atoms with Crippen LogP contribution in [0.2, 0.25) is 0 Å². The largest absolute Gasteiger partial charge is 0.497 e. The van der Waals surface area contributed by atoms with E-state index in [0.717, 1.165) is 49.5 Å². The molecule has 0 amide bonds. The van der Waals surface area contributed by atoms with Crippen molar-refractivity contribution in [3.8, 4) is 11.4 Å². The first-order valence-electron chi connectivity index (χ1n) is 8.78. The quantitative estimate of drug-likeness (QED) is 0.560. The van der Waals surface area contributed by atoms with E-state index in [1.807, 2.05) is 24.3 Å². The summed E-state index contributed by atoms with van der Waals surface area (Å²) in [4.78, 5) is 5.03. The number of fused-ring (bicyclic) bond motifs is 3. The molecule has 3 heteroatoms. The van der Waals surface area contributed by atoms with E-state index >= 15 is 0 Å². The minimum absolute atomic E-state index is 0.274. The molecule has 0 unspecified atom stereocenters. The predicted octanol–water partition coefficient (Wildman–Crippen LogP) is 4.13. The van der Waals surface area contributed by atoms with Crippen molar-refractivity contribution in [1.29, 1.82) is 0 Å². The third-order valence-electron chi connectivity index (χ3n) is 4.91. The van der Waals surface area contributed by atoms with Crippen molar-refractivity contribution in [1.82, 2.24) is 9.55 Å². The highest BCUT2D eigenvalue weighted by Crippen LogP contribution is 2.28. The predicted molar refractivity (Wildman–Crippen MR) is 110 cm³/mol. The van der Waals surface area contributed by atoms with E-state index in [1.165, 1.54) is 0 Å². The molecule has 0 fully saturated rings. The van der Waals surface area contributed by atoms with Crippen LogP contribution in [-0.2, 0) is 0 Å². The fraction of sp³-hybridized carbons (Fsp3) is 0.174. The lowest BCUT2D eigenvalue weighted by atomic mass is 10.1. The Kier molecular flexibility index (Phi) is 3.80. The number of hydrogen-bond donors (Lipinski definition) is 0. The molecule has 1 heterocycles. The molecule has 0 saturated heterocycles. The Morgan fingerprint density at radius 2 is 1.58 bits per heavy atom. The lowest BCUT2D eigenvalue weighted by Gasteiger charge is -2.13. The van der Waals surface area contributed by atoms with Gasteiger partial charge in [0.25, 0.3) is 0 Å². The van der Waals surface area contributed by atoms with Gasteiger partial charge in [0.15, 0.2) is 0 Å². The molecular formula is C23H22N2O. The van der Waals surface area contributed by atoms with Gasteiger partial charge in [-0.2, -0.15) is 0 Å². The minimum Gasteiger partial charge on any atom is -0.497 e. The second-order valence-electron chi connectivity index (χ2n) is 6.86. The van der Waals surface area contributed by atoms with Crippen LogP contribution in [-0.4, -0.2) is 16.7 Å². The zero-order valence-corrected chi connectivity index (χ0v) is 15.4. The highest BCUT2D eigenvalue weighted by atomic mass is 16.5. The molecule has 130 valence electrons. The molecule has 0 spiro atoms. The zero-order valence-electron chi connectivity index (χ0n) is 15.4. The number of hydrogen-bond acceptors (Lipinski definition) is 2. The van der Waals surface area contributed by atoms with Crippen LogP contribution in [0.1, 0.15) is 25.6 Å². The normalized spacial score (nSPS) is 11.5. The van der Waals surface area contributed by atoms with Crippen LogP contribution in [0.15, 0.2) is 48.5 Å². The van der Waals surface area contributed by atoms with E-state index in [-0.39, 0.29) is 5.92 Å². The smallest absolute Gasteiger partial charge is 0.119 e. The van der Waals surface area contributed by atoms with Crippen molar-refractivity contribution >= 4 is 35.0 Å². The molecule has 0 aliphatic heterocycles. The number of rotatable bonds is 3. The second-order valence-corrected chi connectivity index (χ2v) is 6.86. The Bertz CT molecular complexity index is 1220. The lowest BCUT2D eigenvalue weighted by molar-refractivity contribution is 0.414. The molecule has 3 nitrogen and oxygen atoms in total. The molecule has 1 aromatic heterocycles.